The summed E-state index contributed by atoms with van der Waals surface area (Å²) in [5.74, 6) is -0.376. The Kier molecular flexibility index (Phi) is 6.73. The van der Waals surface area contributed by atoms with Crippen LogP contribution in [0.25, 0.3) is 0 Å². The molecule has 1 aliphatic rings. The first kappa shape index (κ1) is 23.2. The zero-order valence-electron chi connectivity index (χ0n) is 18.7. The highest BCUT2D eigenvalue weighted by Crippen LogP contribution is 2.25. The minimum absolute atomic E-state index is 0.0139. The Hall–Kier alpha value is -2.42. The molecule has 0 atom stereocenters. The monoisotopic (exact) mass is 445 g/mol. The largest absolute Gasteiger partial charge is 0.384 e. The number of carbonyl (C=O) groups excluding carboxylic acids is 1. The van der Waals surface area contributed by atoms with Crippen LogP contribution in [0.3, 0.4) is 0 Å². The minimum atomic E-state index is -3.76. The molecule has 168 valence electrons. The van der Waals surface area contributed by atoms with E-state index < -0.39 is 10.0 Å². The molecule has 0 spiro atoms. The fourth-order valence-electron chi connectivity index (χ4n) is 3.19. The average molecular weight is 446 g/mol. The summed E-state index contributed by atoms with van der Waals surface area (Å²) in [6.45, 7) is 11.5. The van der Waals surface area contributed by atoms with Gasteiger partial charge in [0, 0.05) is 29.5 Å². The first-order chi connectivity index (χ1) is 14.4. The van der Waals surface area contributed by atoms with Crippen LogP contribution in [0.15, 0.2) is 41.3 Å². The molecule has 2 aromatic rings. The minimum Gasteiger partial charge on any atom is -0.384 e. The van der Waals surface area contributed by atoms with Crippen molar-refractivity contribution < 1.29 is 17.9 Å². The molecule has 0 aliphatic carbocycles. The van der Waals surface area contributed by atoms with Crippen molar-refractivity contribution in [2.24, 2.45) is 5.41 Å². The maximum atomic E-state index is 13.0. The molecule has 31 heavy (non-hydrogen) atoms. The van der Waals surface area contributed by atoms with E-state index in [9.17, 15) is 13.2 Å². The average Bonchev–Trinajstić information content (AvgIpc) is 3.12. The molecule has 0 aromatic heterocycles. The molecular weight excluding hydrogens is 414 g/mol. The number of fused-ring (bicyclic) bond motifs is 1. The summed E-state index contributed by atoms with van der Waals surface area (Å²) in [7, 11) is -3.76. The summed E-state index contributed by atoms with van der Waals surface area (Å²) in [5, 5.41) is 6.12. The van der Waals surface area contributed by atoms with E-state index in [1.807, 2.05) is 18.2 Å². The smallest absolute Gasteiger partial charge is 0.255 e. The molecule has 3 N–H and O–H groups in total. The van der Waals surface area contributed by atoms with Gasteiger partial charge in [-0.15, -0.1) is 0 Å². The van der Waals surface area contributed by atoms with Gasteiger partial charge in [-0.2, -0.15) is 0 Å². The number of hydrogen-bond donors (Lipinski definition) is 3. The van der Waals surface area contributed by atoms with Gasteiger partial charge in [-0.3, -0.25) is 4.79 Å². The van der Waals surface area contributed by atoms with Gasteiger partial charge in [-0.05, 0) is 60.7 Å². The molecule has 3 rings (SSSR count). The molecule has 0 saturated carbocycles. The number of amides is 1. The highest BCUT2D eigenvalue weighted by Gasteiger charge is 2.20. The van der Waals surface area contributed by atoms with Crippen molar-refractivity contribution in [3.05, 3.63) is 53.1 Å². The summed E-state index contributed by atoms with van der Waals surface area (Å²) in [6.07, 6.45) is 0. The Morgan fingerprint density at radius 3 is 2.42 bits per heavy atom. The summed E-state index contributed by atoms with van der Waals surface area (Å²) in [4.78, 5) is 13.0. The third kappa shape index (κ3) is 6.29. The number of carbonyl (C=O) groups is 1. The van der Waals surface area contributed by atoms with Crippen molar-refractivity contribution in [2.75, 3.05) is 17.2 Å². The highest BCUT2D eigenvalue weighted by atomic mass is 32.2. The van der Waals surface area contributed by atoms with Crippen LogP contribution < -0.4 is 15.4 Å². The van der Waals surface area contributed by atoms with Crippen molar-refractivity contribution in [3.8, 4) is 0 Å². The number of hydrogen-bond acceptors (Lipinski definition) is 5. The third-order valence-electron chi connectivity index (χ3n) is 4.67. The summed E-state index contributed by atoms with van der Waals surface area (Å²) < 4.78 is 33.5. The van der Waals surface area contributed by atoms with E-state index in [1.165, 1.54) is 6.07 Å². The van der Waals surface area contributed by atoms with Crippen molar-refractivity contribution in [1.29, 1.82) is 0 Å². The second kappa shape index (κ2) is 8.98. The molecule has 8 heteroatoms. The van der Waals surface area contributed by atoms with Crippen molar-refractivity contribution in [3.63, 3.8) is 0 Å². The number of anilines is 2. The number of benzene rings is 2. The number of sulfonamides is 1. The van der Waals surface area contributed by atoms with Crippen molar-refractivity contribution >= 4 is 27.3 Å². The SMILES string of the molecule is CC(C)NS(=O)(=O)c1cc(NCC(C)(C)C)cc(C(=O)Nc2ccc3c(c2)COC3)c1. The molecule has 1 amide bonds. The normalized spacial score (nSPS) is 13.9. The predicted molar refractivity (Wildman–Crippen MR) is 123 cm³/mol. The molecule has 0 bridgehead atoms. The molecule has 0 fully saturated rings. The first-order valence-corrected chi connectivity index (χ1v) is 11.8. The molecule has 7 nitrogen and oxygen atoms in total. The third-order valence-corrected chi connectivity index (χ3v) is 6.31. The van der Waals surface area contributed by atoms with Gasteiger partial charge in [0.15, 0.2) is 0 Å². The summed E-state index contributed by atoms with van der Waals surface area (Å²) >= 11 is 0. The Balaban J connectivity index is 1.91. The Morgan fingerprint density at radius 1 is 1.03 bits per heavy atom. The van der Waals surface area contributed by atoms with Crippen LogP contribution in [0.1, 0.15) is 56.1 Å². The second-order valence-corrected chi connectivity index (χ2v) is 11.1. The number of nitrogens with one attached hydrogen (secondary N) is 3. The fraction of sp³-hybridized carbons (Fsp3) is 0.435. The van der Waals surface area contributed by atoms with E-state index in [0.29, 0.717) is 31.1 Å². The summed E-state index contributed by atoms with van der Waals surface area (Å²) in [6, 6.07) is 10.0. The quantitative estimate of drug-likeness (QED) is 0.596. The predicted octanol–water partition coefficient (Wildman–Crippen LogP) is 4.11. The van der Waals surface area contributed by atoms with Gasteiger partial charge in [-0.25, -0.2) is 13.1 Å². The summed E-state index contributed by atoms with van der Waals surface area (Å²) in [5.41, 5.74) is 3.63. The fourth-order valence-corrected chi connectivity index (χ4v) is 4.51. The van der Waals surface area contributed by atoms with Crippen LogP contribution in [0.4, 0.5) is 11.4 Å². The van der Waals surface area contributed by atoms with Crippen LogP contribution in [0, 0.1) is 5.41 Å². The van der Waals surface area contributed by atoms with Gasteiger partial charge in [0.05, 0.1) is 18.1 Å². The first-order valence-electron chi connectivity index (χ1n) is 10.4. The van der Waals surface area contributed by atoms with Crippen LogP contribution in [-0.4, -0.2) is 26.9 Å². The van der Waals surface area contributed by atoms with Gasteiger partial charge in [0.2, 0.25) is 10.0 Å². The zero-order valence-corrected chi connectivity index (χ0v) is 19.5. The van der Waals surface area contributed by atoms with Gasteiger partial charge in [0.25, 0.3) is 5.91 Å². The molecule has 1 heterocycles. The maximum absolute atomic E-state index is 13.0. The Bertz CT molecular complexity index is 1070. The molecule has 1 aliphatic heterocycles. The lowest BCUT2D eigenvalue weighted by molar-refractivity contribution is 0.102. The van der Waals surface area contributed by atoms with Crippen LogP contribution in [-0.2, 0) is 28.0 Å². The van der Waals surface area contributed by atoms with E-state index in [0.717, 1.165) is 11.1 Å². The van der Waals surface area contributed by atoms with E-state index in [2.05, 4.69) is 36.1 Å². The van der Waals surface area contributed by atoms with Crippen LogP contribution in [0.5, 0.6) is 0 Å². The maximum Gasteiger partial charge on any atom is 0.255 e. The lowest BCUT2D eigenvalue weighted by Gasteiger charge is -2.20. The van der Waals surface area contributed by atoms with Gasteiger partial charge >= 0.3 is 0 Å². The zero-order chi connectivity index (χ0) is 22.8. The van der Waals surface area contributed by atoms with E-state index in [4.69, 9.17) is 4.74 Å². The highest BCUT2D eigenvalue weighted by molar-refractivity contribution is 7.89. The van der Waals surface area contributed by atoms with Crippen molar-refractivity contribution in [2.45, 2.75) is 58.8 Å². The van der Waals surface area contributed by atoms with E-state index in [1.54, 1.807) is 26.0 Å². The van der Waals surface area contributed by atoms with Gasteiger partial charge in [-0.1, -0.05) is 26.8 Å². The van der Waals surface area contributed by atoms with Gasteiger partial charge < -0.3 is 15.4 Å². The molecule has 0 saturated heterocycles. The lowest BCUT2D eigenvalue weighted by atomic mass is 9.97. The van der Waals surface area contributed by atoms with E-state index in [-0.39, 0.29) is 27.8 Å². The second-order valence-electron chi connectivity index (χ2n) is 9.37. The standard InChI is InChI=1S/C23H31N3O4S/c1-15(2)26-31(28,29)21-10-17(8-20(11-21)24-14-23(3,4)5)22(27)25-19-7-6-16-12-30-13-18(16)9-19/h6-11,15,24,26H,12-14H2,1-5H3,(H,25,27). The van der Waals surface area contributed by atoms with Crippen LogP contribution >= 0.6 is 0 Å². The Labute approximate surface area is 184 Å². The number of ether oxygens (including phenoxy) is 1. The molecule has 2 aromatic carbocycles. The molecular formula is C23H31N3O4S. The van der Waals surface area contributed by atoms with Crippen LogP contribution in [0.2, 0.25) is 0 Å². The Morgan fingerprint density at radius 2 is 1.74 bits per heavy atom. The number of rotatable bonds is 7. The van der Waals surface area contributed by atoms with Gasteiger partial charge in [0.1, 0.15) is 0 Å². The molecule has 0 unspecified atom stereocenters. The lowest BCUT2D eigenvalue weighted by Crippen LogP contribution is -2.30. The van der Waals surface area contributed by atoms with Crippen molar-refractivity contribution in [1.82, 2.24) is 4.72 Å². The molecule has 0 radical (unpaired) electrons. The topological polar surface area (TPSA) is 96.5 Å². The van der Waals surface area contributed by atoms with E-state index >= 15 is 0 Å².